The van der Waals surface area contributed by atoms with Gasteiger partial charge in [0.2, 0.25) is 0 Å². The van der Waals surface area contributed by atoms with E-state index in [4.69, 9.17) is 5.11 Å². The second-order valence-corrected chi connectivity index (χ2v) is 9.47. The van der Waals surface area contributed by atoms with Crippen LogP contribution in [0.3, 0.4) is 0 Å². The van der Waals surface area contributed by atoms with E-state index in [9.17, 15) is 4.79 Å². The van der Waals surface area contributed by atoms with Gasteiger partial charge in [0.05, 0.1) is 5.56 Å². The third-order valence-electron chi connectivity index (χ3n) is 5.66. The van der Waals surface area contributed by atoms with Crippen molar-refractivity contribution < 1.29 is 9.90 Å². The van der Waals surface area contributed by atoms with Gasteiger partial charge >= 0.3 is 5.97 Å². The fraction of sp³-hybridized carbons (Fsp3) is 0.346. The number of aryl methyl sites for hydroxylation is 1. The number of rotatable bonds is 3. The van der Waals surface area contributed by atoms with Crippen LogP contribution in [0.25, 0.3) is 17.7 Å². The largest absolute Gasteiger partial charge is 0.478 e. The summed E-state index contributed by atoms with van der Waals surface area (Å²) in [6, 6.07) is 11.6. The maximum Gasteiger partial charge on any atom is 0.335 e. The highest BCUT2D eigenvalue weighted by Gasteiger charge is 2.32. The van der Waals surface area contributed by atoms with Gasteiger partial charge in [-0.2, -0.15) is 0 Å². The van der Waals surface area contributed by atoms with Crippen LogP contribution >= 0.6 is 0 Å². The number of carboxylic acids is 1. The van der Waals surface area contributed by atoms with Crippen LogP contribution in [0.5, 0.6) is 0 Å². The fourth-order valence-corrected chi connectivity index (χ4v) is 3.90. The predicted molar refractivity (Wildman–Crippen MR) is 119 cm³/mol. The van der Waals surface area contributed by atoms with Crippen molar-refractivity contribution >= 4 is 23.7 Å². The summed E-state index contributed by atoms with van der Waals surface area (Å²) in [5.41, 5.74) is 8.23. The van der Waals surface area contributed by atoms with Crippen LogP contribution in [-0.2, 0) is 5.41 Å². The Morgan fingerprint density at radius 1 is 1.07 bits per heavy atom. The summed E-state index contributed by atoms with van der Waals surface area (Å²) in [6.45, 7) is 13.6. The minimum Gasteiger partial charge on any atom is -0.478 e. The van der Waals surface area contributed by atoms with Gasteiger partial charge in [-0.1, -0.05) is 71.0 Å². The molecule has 0 saturated heterocycles. The summed E-state index contributed by atoms with van der Waals surface area (Å²) in [7, 11) is 0. The van der Waals surface area contributed by atoms with Crippen molar-refractivity contribution in [1.82, 2.24) is 0 Å². The van der Waals surface area contributed by atoms with Crippen LogP contribution < -0.4 is 0 Å². The van der Waals surface area contributed by atoms with E-state index in [0.29, 0.717) is 5.56 Å². The molecule has 0 fully saturated rings. The van der Waals surface area contributed by atoms with Gasteiger partial charge < -0.3 is 5.11 Å². The maximum atomic E-state index is 11.0. The van der Waals surface area contributed by atoms with Crippen molar-refractivity contribution in [3.63, 3.8) is 0 Å². The molecule has 0 spiro atoms. The zero-order valence-electron chi connectivity index (χ0n) is 17.8. The standard InChI is InChI=1S/C26H30O2/c1-17-15-23-21(22(25(2,3)4)13-14-26(23,5)6)16-20(17)12-9-18-7-10-19(11-8-18)24(27)28/h7-13,15-16H,14H2,1-6H3,(H,27,28). The number of carbonyl (C=O) groups is 1. The number of aromatic carboxylic acids is 1. The second kappa shape index (κ2) is 7.09. The van der Waals surface area contributed by atoms with Crippen LogP contribution in [0.15, 0.2) is 42.5 Å². The SMILES string of the molecule is Cc1cc2c(cc1C=Cc1ccc(C(=O)O)cc1)C(C(C)(C)C)=CCC2(C)C. The third kappa shape index (κ3) is 3.96. The summed E-state index contributed by atoms with van der Waals surface area (Å²) in [5.74, 6) is -0.898. The average Bonchev–Trinajstić information content (AvgIpc) is 2.60. The molecular formula is C26H30O2. The van der Waals surface area contributed by atoms with Gasteiger partial charge in [-0.3, -0.25) is 0 Å². The van der Waals surface area contributed by atoms with Gasteiger partial charge in [0.1, 0.15) is 0 Å². The monoisotopic (exact) mass is 374 g/mol. The number of fused-ring (bicyclic) bond motifs is 1. The first kappa shape index (κ1) is 20.1. The molecule has 0 heterocycles. The molecule has 2 aromatic carbocycles. The van der Waals surface area contributed by atoms with Crippen molar-refractivity contribution in [2.24, 2.45) is 5.41 Å². The molecule has 0 unspecified atom stereocenters. The van der Waals surface area contributed by atoms with Crippen LogP contribution in [0.2, 0.25) is 0 Å². The number of allylic oxidation sites excluding steroid dienone is 2. The summed E-state index contributed by atoms with van der Waals surface area (Å²) in [6.07, 6.45) is 7.66. The molecule has 1 aliphatic rings. The van der Waals surface area contributed by atoms with E-state index in [1.807, 2.05) is 12.1 Å². The first-order valence-electron chi connectivity index (χ1n) is 9.86. The van der Waals surface area contributed by atoms with Crippen LogP contribution in [-0.4, -0.2) is 11.1 Å². The normalized spacial score (nSPS) is 16.0. The highest BCUT2D eigenvalue weighted by atomic mass is 16.4. The smallest absolute Gasteiger partial charge is 0.335 e. The number of hydrogen-bond acceptors (Lipinski definition) is 1. The Bertz CT molecular complexity index is 965. The molecule has 0 saturated carbocycles. The van der Waals surface area contributed by atoms with Gasteiger partial charge in [-0.15, -0.1) is 0 Å². The molecule has 1 aliphatic carbocycles. The Morgan fingerprint density at radius 3 is 2.29 bits per heavy atom. The molecule has 0 aliphatic heterocycles. The van der Waals surface area contributed by atoms with E-state index < -0.39 is 5.97 Å². The zero-order valence-corrected chi connectivity index (χ0v) is 17.8. The summed E-state index contributed by atoms with van der Waals surface area (Å²) >= 11 is 0. The lowest BCUT2D eigenvalue weighted by atomic mass is 9.67. The van der Waals surface area contributed by atoms with Gasteiger partial charge in [-0.05, 0) is 75.8 Å². The minimum absolute atomic E-state index is 0.105. The third-order valence-corrected chi connectivity index (χ3v) is 5.66. The number of benzene rings is 2. The highest BCUT2D eigenvalue weighted by molar-refractivity contribution is 5.88. The zero-order chi connectivity index (χ0) is 20.7. The molecule has 2 nitrogen and oxygen atoms in total. The Hall–Kier alpha value is -2.61. The van der Waals surface area contributed by atoms with E-state index in [2.05, 4.69) is 71.9 Å². The molecule has 28 heavy (non-hydrogen) atoms. The first-order chi connectivity index (χ1) is 13.0. The van der Waals surface area contributed by atoms with Crippen molar-refractivity contribution in [3.8, 4) is 0 Å². The molecule has 2 aromatic rings. The van der Waals surface area contributed by atoms with E-state index in [-0.39, 0.29) is 10.8 Å². The average molecular weight is 375 g/mol. The van der Waals surface area contributed by atoms with E-state index in [1.165, 1.54) is 27.8 Å². The van der Waals surface area contributed by atoms with Gasteiger partial charge in [0, 0.05) is 0 Å². The Kier molecular flexibility index (Phi) is 5.10. The quantitative estimate of drug-likeness (QED) is 0.589. The lowest BCUT2D eigenvalue weighted by Crippen LogP contribution is -2.25. The molecule has 0 aromatic heterocycles. The first-order valence-corrected chi connectivity index (χ1v) is 9.86. The molecule has 0 radical (unpaired) electrons. The molecule has 1 N–H and O–H groups in total. The van der Waals surface area contributed by atoms with Gasteiger partial charge in [-0.25, -0.2) is 4.79 Å². The Labute approximate surface area is 168 Å². The molecule has 146 valence electrons. The van der Waals surface area contributed by atoms with E-state index in [1.54, 1.807) is 12.1 Å². The summed E-state index contributed by atoms with van der Waals surface area (Å²) < 4.78 is 0. The lowest BCUT2D eigenvalue weighted by Gasteiger charge is -2.37. The molecule has 0 amide bonds. The second-order valence-electron chi connectivity index (χ2n) is 9.47. The van der Waals surface area contributed by atoms with E-state index in [0.717, 1.165) is 12.0 Å². The minimum atomic E-state index is -0.898. The molecule has 3 rings (SSSR count). The Morgan fingerprint density at radius 2 is 1.71 bits per heavy atom. The van der Waals surface area contributed by atoms with Gasteiger partial charge in [0.25, 0.3) is 0 Å². The molecular weight excluding hydrogens is 344 g/mol. The van der Waals surface area contributed by atoms with E-state index >= 15 is 0 Å². The van der Waals surface area contributed by atoms with Crippen molar-refractivity contribution in [2.75, 3.05) is 0 Å². The number of hydrogen-bond donors (Lipinski definition) is 1. The topological polar surface area (TPSA) is 37.3 Å². The summed E-state index contributed by atoms with van der Waals surface area (Å²) in [5, 5.41) is 9.04. The van der Waals surface area contributed by atoms with Gasteiger partial charge in [0.15, 0.2) is 0 Å². The molecule has 0 bridgehead atoms. The molecule has 0 atom stereocenters. The van der Waals surface area contributed by atoms with Crippen LogP contribution in [0, 0.1) is 12.3 Å². The number of carboxylic acid groups (broad SMARTS) is 1. The van der Waals surface area contributed by atoms with Crippen LogP contribution in [0.4, 0.5) is 0 Å². The van der Waals surface area contributed by atoms with Crippen molar-refractivity contribution in [2.45, 2.75) is 53.4 Å². The fourth-order valence-electron chi connectivity index (χ4n) is 3.90. The van der Waals surface area contributed by atoms with Crippen LogP contribution in [0.1, 0.15) is 79.2 Å². The predicted octanol–water partition coefficient (Wildman–Crippen LogP) is 6.97. The highest BCUT2D eigenvalue weighted by Crippen LogP contribution is 2.46. The Balaban J connectivity index is 2.02. The summed E-state index contributed by atoms with van der Waals surface area (Å²) in [4.78, 5) is 11.0. The lowest BCUT2D eigenvalue weighted by molar-refractivity contribution is 0.0697. The maximum absolute atomic E-state index is 11.0. The molecule has 2 heteroatoms. The van der Waals surface area contributed by atoms with Crippen molar-refractivity contribution in [3.05, 3.63) is 75.9 Å². The van der Waals surface area contributed by atoms with Crippen molar-refractivity contribution in [1.29, 1.82) is 0 Å².